The Bertz CT molecular complexity index is 977. The van der Waals surface area contributed by atoms with Crippen LogP contribution < -0.4 is 15.5 Å². The number of carbonyl (C=O) groups excluding carboxylic acids is 2. The Morgan fingerprint density at radius 2 is 2.11 bits per heavy atom. The standard InChI is InChI=1S/C19H20N6O2S/c26-17(13-3-1-6-20-11-13)21-7-8-22-18(27)15-4-2-9-25(15)16-14-5-10-28-19(14)24-12-23-16/h1,3,5-6,10-12,15H,2,4,7-9H2,(H,21,26)(H,22,27). The molecule has 4 heterocycles. The molecule has 2 amide bonds. The third-order valence-electron chi connectivity index (χ3n) is 4.70. The van der Waals surface area contributed by atoms with Gasteiger partial charge in [-0.25, -0.2) is 9.97 Å². The number of amides is 2. The molecule has 0 aromatic carbocycles. The van der Waals surface area contributed by atoms with Crippen LogP contribution in [0.15, 0.2) is 42.3 Å². The van der Waals surface area contributed by atoms with Gasteiger partial charge in [-0.2, -0.15) is 0 Å². The van der Waals surface area contributed by atoms with Gasteiger partial charge in [0.2, 0.25) is 5.91 Å². The molecule has 4 rings (SSSR count). The number of hydrogen-bond acceptors (Lipinski definition) is 7. The van der Waals surface area contributed by atoms with Crippen LogP contribution in [0.5, 0.6) is 0 Å². The molecule has 0 aliphatic carbocycles. The summed E-state index contributed by atoms with van der Waals surface area (Å²) < 4.78 is 0. The number of hydrogen-bond donors (Lipinski definition) is 2. The van der Waals surface area contributed by atoms with Gasteiger partial charge in [0.25, 0.3) is 5.91 Å². The Labute approximate surface area is 166 Å². The fourth-order valence-corrected chi connectivity index (χ4v) is 4.10. The average molecular weight is 396 g/mol. The molecule has 1 unspecified atom stereocenters. The highest BCUT2D eigenvalue weighted by molar-refractivity contribution is 7.16. The summed E-state index contributed by atoms with van der Waals surface area (Å²) in [6.45, 7) is 1.51. The van der Waals surface area contributed by atoms with Crippen LogP contribution in [0.25, 0.3) is 10.2 Å². The zero-order chi connectivity index (χ0) is 19.3. The van der Waals surface area contributed by atoms with Gasteiger partial charge >= 0.3 is 0 Å². The van der Waals surface area contributed by atoms with Crippen molar-refractivity contribution in [1.29, 1.82) is 0 Å². The summed E-state index contributed by atoms with van der Waals surface area (Å²) in [6, 6.07) is 5.15. The molecule has 28 heavy (non-hydrogen) atoms. The fourth-order valence-electron chi connectivity index (χ4n) is 3.38. The number of nitrogens with zero attached hydrogens (tertiary/aromatic N) is 4. The highest BCUT2D eigenvalue weighted by atomic mass is 32.1. The maximum atomic E-state index is 12.7. The maximum absolute atomic E-state index is 12.7. The molecule has 0 bridgehead atoms. The molecule has 0 spiro atoms. The van der Waals surface area contributed by atoms with Gasteiger partial charge in [0, 0.05) is 32.0 Å². The van der Waals surface area contributed by atoms with E-state index < -0.39 is 0 Å². The second kappa shape index (κ2) is 8.30. The van der Waals surface area contributed by atoms with Gasteiger partial charge in [-0.15, -0.1) is 11.3 Å². The van der Waals surface area contributed by atoms with Gasteiger partial charge < -0.3 is 15.5 Å². The van der Waals surface area contributed by atoms with Gasteiger partial charge in [0.05, 0.1) is 10.9 Å². The highest BCUT2D eigenvalue weighted by Crippen LogP contribution is 2.31. The smallest absolute Gasteiger partial charge is 0.252 e. The summed E-state index contributed by atoms with van der Waals surface area (Å²) in [4.78, 5) is 40.3. The van der Waals surface area contributed by atoms with E-state index in [9.17, 15) is 9.59 Å². The van der Waals surface area contributed by atoms with Crippen LogP contribution in [0.4, 0.5) is 5.82 Å². The number of thiophene rings is 1. The first-order chi connectivity index (χ1) is 13.7. The second-order valence-corrected chi connectivity index (χ2v) is 7.37. The molecule has 1 aliphatic rings. The van der Waals surface area contributed by atoms with Crippen molar-refractivity contribution in [3.8, 4) is 0 Å². The average Bonchev–Trinajstić information content (AvgIpc) is 3.40. The minimum Gasteiger partial charge on any atom is -0.353 e. The van der Waals surface area contributed by atoms with Crippen LogP contribution in [0, 0.1) is 0 Å². The lowest BCUT2D eigenvalue weighted by atomic mass is 10.2. The highest BCUT2D eigenvalue weighted by Gasteiger charge is 2.32. The van der Waals surface area contributed by atoms with Gasteiger partial charge in [0.15, 0.2) is 0 Å². The van der Waals surface area contributed by atoms with Crippen molar-refractivity contribution >= 4 is 39.2 Å². The van der Waals surface area contributed by atoms with Crippen LogP contribution in [-0.2, 0) is 4.79 Å². The van der Waals surface area contributed by atoms with E-state index in [0.29, 0.717) is 18.7 Å². The van der Waals surface area contributed by atoms with E-state index in [0.717, 1.165) is 35.4 Å². The van der Waals surface area contributed by atoms with Crippen molar-refractivity contribution in [3.05, 3.63) is 47.9 Å². The van der Waals surface area contributed by atoms with E-state index in [4.69, 9.17) is 0 Å². The Morgan fingerprint density at radius 3 is 2.96 bits per heavy atom. The monoisotopic (exact) mass is 396 g/mol. The quantitative estimate of drug-likeness (QED) is 0.614. The first-order valence-electron chi connectivity index (χ1n) is 9.15. The van der Waals surface area contributed by atoms with Gasteiger partial charge in [-0.1, -0.05) is 0 Å². The summed E-state index contributed by atoms with van der Waals surface area (Å²) in [6.07, 6.45) is 6.40. The molecular formula is C19H20N6O2S. The number of fused-ring (bicyclic) bond motifs is 1. The van der Waals surface area contributed by atoms with E-state index in [1.54, 1.807) is 36.0 Å². The van der Waals surface area contributed by atoms with Crippen molar-refractivity contribution in [2.45, 2.75) is 18.9 Å². The molecule has 0 saturated carbocycles. The van der Waals surface area contributed by atoms with Crippen molar-refractivity contribution in [2.75, 3.05) is 24.5 Å². The predicted octanol–water partition coefficient (Wildman–Crippen LogP) is 1.60. The number of carbonyl (C=O) groups is 2. The lowest BCUT2D eigenvalue weighted by Gasteiger charge is -2.25. The summed E-state index contributed by atoms with van der Waals surface area (Å²) in [5.41, 5.74) is 0.499. The van der Waals surface area contributed by atoms with Crippen LogP contribution in [0.2, 0.25) is 0 Å². The lowest BCUT2D eigenvalue weighted by Crippen LogP contribution is -2.45. The van der Waals surface area contributed by atoms with E-state index >= 15 is 0 Å². The summed E-state index contributed by atoms with van der Waals surface area (Å²) in [7, 11) is 0. The molecule has 2 N–H and O–H groups in total. The van der Waals surface area contributed by atoms with Crippen molar-refractivity contribution in [3.63, 3.8) is 0 Å². The zero-order valence-electron chi connectivity index (χ0n) is 15.2. The maximum Gasteiger partial charge on any atom is 0.252 e. The summed E-state index contributed by atoms with van der Waals surface area (Å²) in [5, 5.41) is 8.67. The minimum atomic E-state index is -0.257. The largest absolute Gasteiger partial charge is 0.353 e. The Morgan fingerprint density at radius 1 is 1.21 bits per heavy atom. The van der Waals surface area contributed by atoms with Gasteiger partial charge in [-0.05, 0) is 36.4 Å². The van der Waals surface area contributed by atoms with Crippen LogP contribution in [-0.4, -0.2) is 52.4 Å². The molecule has 1 aliphatic heterocycles. The number of aromatic nitrogens is 3. The molecule has 3 aromatic rings. The Kier molecular flexibility index (Phi) is 5.43. The minimum absolute atomic E-state index is 0.0462. The summed E-state index contributed by atoms with van der Waals surface area (Å²) in [5.74, 6) is 0.564. The Hall–Kier alpha value is -3.07. The molecule has 144 valence electrons. The lowest BCUT2D eigenvalue weighted by molar-refractivity contribution is -0.122. The SMILES string of the molecule is O=C(NCCNC(=O)C1CCCN1c1ncnc2sccc12)c1cccnc1. The van der Waals surface area contributed by atoms with E-state index in [1.165, 1.54) is 6.20 Å². The molecule has 8 nitrogen and oxygen atoms in total. The van der Waals surface area contributed by atoms with Gasteiger partial charge in [0.1, 0.15) is 23.0 Å². The molecule has 1 atom stereocenters. The van der Waals surface area contributed by atoms with E-state index in [1.807, 2.05) is 11.4 Å². The van der Waals surface area contributed by atoms with Crippen molar-refractivity contribution in [1.82, 2.24) is 25.6 Å². The molecule has 0 radical (unpaired) electrons. The van der Waals surface area contributed by atoms with Crippen LogP contribution >= 0.6 is 11.3 Å². The number of rotatable bonds is 6. The molecule has 1 saturated heterocycles. The molecule has 9 heteroatoms. The number of pyridine rings is 1. The third-order valence-corrected chi connectivity index (χ3v) is 5.52. The van der Waals surface area contributed by atoms with Crippen LogP contribution in [0.1, 0.15) is 23.2 Å². The first kappa shape index (κ1) is 18.3. The first-order valence-corrected chi connectivity index (χ1v) is 10.0. The number of anilines is 1. The molecule has 3 aromatic heterocycles. The van der Waals surface area contributed by atoms with Crippen LogP contribution in [0.3, 0.4) is 0 Å². The van der Waals surface area contributed by atoms with E-state index in [-0.39, 0.29) is 17.9 Å². The zero-order valence-corrected chi connectivity index (χ0v) is 16.0. The van der Waals surface area contributed by atoms with Crippen molar-refractivity contribution in [2.24, 2.45) is 0 Å². The Balaban J connectivity index is 1.33. The topological polar surface area (TPSA) is 100 Å². The fraction of sp³-hybridized carbons (Fsp3) is 0.316. The van der Waals surface area contributed by atoms with Gasteiger partial charge in [-0.3, -0.25) is 14.6 Å². The second-order valence-electron chi connectivity index (χ2n) is 6.48. The van der Waals surface area contributed by atoms with Crippen molar-refractivity contribution < 1.29 is 9.59 Å². The van der Waals surface area contributed by atoms with E-state index in [2.05, 4.69) is 30.5 Å². The predicted molar refractivity (Wildman–Crippen MR) is 107 cm³/mol. The molecular weight excluding hydrogens is 376 g/mol. The number of nitrogens with one attached hydrogen (secondary N) is 2. The molecule has 1 fully saturated rings. The third kappa shape index (κ3) is 3.79. The normalized spacial score (nSPS) is 16.3. The summed E-state index contributed by atoms with van der Waals surface area (Å²) >= 11 is 1.56.